The van der Waals surface area contributed by atoms with Crippen molar-refractivity contribution in [2.75, 3.05) is 13.1 Å². The van der Waals surface area contributed by atoms with Gasteiger partial charge < -0.3 is 4.42 Å². The van der Waals surface area contributed by atoms with E-state index in [4.69, 9.17) is 4.42 Å². The number of furan rings is 1. The Morgan fingerprint density at radius 2 is 2.00 bits per heavy atom. The Morgan fingerprint density at radius 1 is 1.14 bits per heavy atom. The van der Waals surface area contributed by atoms with E-state index in [1.54, 1.807) is 0 Å². The highest BCUT2D eigenvalue weighted by Gasteiger charge is 2.13. The standard InChI is InChI=1S/C13H17N7O/c1-3-20(4-2)7-9-5-6-10(21-9)11-16-13(19-18-11)12-14-8-15-17-12/h5-6,8H,3-4,7H2,1-2H3,(H,14,15,17)(H,16,18,19). The van der Waals surface area contributed by atoms with E-state index in [1.165, 1.54) is 6.33 Å². The average Bonchev–Trinajstić information content (AvgIpc) is 3.23. The van der Waals surface area contributed by atoms with E-state index < -0.39 is 0 Å². The molecule has 8 heteroatoms. The van der Waals surface area contributed by atoms with Crippen molar-refractivity contribution in [1.82, 2.24) is 35.3 Å². The number of aromatic nitrogens is 6. The number of rotatable bonds is 6. The number of hydrogen-bond donors (Lipinski definition) is 2. The Labute approximate surface area is 121 Å². The Balaban J connectivity index is 1.77. The number of nitrogens with zero attached hydrogens (tertiary/aromatic N) is 5. The average molecular weight is 287 g/mol. The van der Waals surface area contributed by atoms with Gasteiger partial charge in [-0.05, 0) is 25.2 Å². The lowest BCUT2D eigenvalue weighted by atomic mass is 10.4. The van der Waals surface area contributed by atoms with Crippen LogP contribution < -0.4 is 0 Å². The molecule has 8 nitrogen and oxygen atoms in total. The minimum absolute atomic E-state index is 0.462. The van der Waals surface area contributed by atoms with Crippen LogP contribution in [0.5, 0.6) is 0 Å². The second-order valence-corrected chi connectivity index (χ2v) is 4.57. The highest BCUT2D eigenvalue weighted by molar-refractivity contribution is 5.51. The Bertz CT molecular complexity index is 681. The van der Waals surface area contributed by atoms with Gasteiger partial charge in [0.2, 0.25) is 5.82 Å². The smallest absolute Gasteiger partial charge is 0.218 e. The maximum Gasteiger partial charge on any atom is 0.218 e. The number of aromatic amines is 2. The first-order valence-electron chi connectivity index (χ1n) is 6.89. The third kappa shape index (κ3) is 2.84. The Hall–Kier alpha value is -2.48. The molecule has 110 valence electrons. The van der Waals surface area contributed by atoms with Gasteiger partial charge in [0, 0.05) is 0 Å². The summed E-state index contributed by atoms with van der Waals surface area (Å²) in [6, 6.07) is 3.85. The van der Waals surface area contributed by atoms with Crippen LogP contribution in [-0.4, -0.2) is 48.4 Å². The molecule has 0 saturated heterocycles. The second kappa shape index (κ2) is 5.88. The fourth-order valence-electron chi connectivity index (χ4n) is 2.05. The van der Waals surface area contributed by atoms with Gasteiger partial charge in [-0.25, -0.2) is 9.97 Å². The van der Waals surface area contributed by atoms with E-state index in [1.807, 2.05) is 12.1 Å². The lowest BCUT2D eigenvalue weighted by Gasteiger charge is -2.15. The normalized spacial score (nSPS) is 11.4. The summed E-state index contributed by atoms with van der Waals surface area (Å²) in [6.45, 7) is 7.03. The summed E-state index contributed by atoms with van der Waals surface area (Å²) in [5.41, 5.74) is 0. The van der Waals surface area contributed by atoms with Crippen LogP contribution in [-0.2, 0) is 6.54 Å². The van der Waals surface area contributed by atoms with Crippen LogP contribution in [0.2, 0.25) is 0 Å². The highest BCUT2D eigenvalue weighted by Crippen LogP contribution is 2.21. The fraction of sp³-hybridized carbons (Fsp3) is 0.385. The summed E-state index contributed by atoms with van der Waals surface area (Å²) in [5, 5.41) is 13.4. The first kappa shape index (κ1) is 13.5. The summed E-state index contributed by atoms with van der Waals surface area (Å²) in [4.78, 5) is 10.6. The molecule has 0 aliphatic carbocycles. The minimum Gasteiger partial charge on any atom is -0.456 e. The molecule has 0 aliphatic heterocycles. The summed E-state index contributed by atoms with van der Waals surface area (Å²) >= 11 is 0. The molecule has 2 N–H and O–H groups in total. The summed E-state index contributed by atoms with van der Waals surface area (Å²) in [5.74, 6) is 3.13. The molecule has 3 rings (SSSR count). The maximum absolute atomic E-state index is 5.81. The first-order valence-corrected chi connectivity index (χ1v) is 6.89. The van der Waals surface area contributed by atoms with Crippen molar-refractivity contribution in [2.45, 2.75) is 20.4 Å². The SMILES string of the molecule is CCN(CC)Cc1ccc(-c2nc(-c3ncn[nH]3)n[nH]2)o1. The van der Waals surface area contributed by atoms with Crippen molar-refractivity contribution in [3.8, 4) is 23.2 Å². The van der Waals surface area contributed by atoms with Crippen molar-refractivity contribution >= 4 is 0 Å². The van der Waals surface area contributed by atoms with Crippen molar-refractivity contribution in [1.29, 1.82) is 0 Å². The lowest BCUT2D eigenvalue weighted by Crippen LogP contribution is -2.21. The predicted molar refractivity (Wildman–Crippen MR) is 76.1 cm³/mol. The van der Waals surface area contributed by atoms with E-state index in [0.717, 1.165) is 25.4 Å². The highest BCUT2D eigenvalue weighted by atomic mass is 16.3. The van der Waals surface area contributed by atoms with E-state index in [0.29, 0.717) is 23.2 Å². The third-order valence-electron chi connectivity index (χ3n) is 3.28. The molecule has 0 aromatic carbocycles. The Kier molecular flexibility index (Phi) is 3.78. The molecule has 0 amide bonds. The molecule has 3 aromatic rings. The fourth-order valence-corrected chi connectivity index (χ4v) is 2.05. The monoisotopic (exact) mass is 287 g/mol. The quantitative estimate of drug-likeness (QED) is 0.715. The van der Waals surface area contributed by atoms with Crippen molar-refractivity contribution in [2.24, 2.45) is 0 Å². The van der Waals surface area contributed by atoms with Gasteiger partial charge >= 0.3 is 0 Å². The van der Waals surface area contributed by atoms with Crippen LogP contribution >= 0.6 is 0 Å². The van der Waals surface area contributed by atoms with Gasteiger partial charge in [-0.2, -0.15) is 5.10 Å². The largest absolute Gasteiger partial charge is 0.456 e. The van der Waals surface area contributed by atoms with Crippen LogP contribution in [0.25, 0.3) is 23.2 Å². The zero-order chi connectivity index (χ0) is 14.7. The van der Waals surface area contributed by atoms with Crippen LogP contribution in [0.3, 0.4) is 0 Å². The zero-order valence-electron chi connectivity index (χ0n) is 12.0. The summed E-state index contributed by atoms with van der Waals surface area (Å²) < 4.78 is 5.81. The van der Waals surface area contributed by atoms with Gasteiger partial charge in [-0.3, -0.25) is 15.1 Å². The Morgan fingerprint density at radius 3 is 2.71 bits per heavy atom. The van der Waals surface area contributed by atoms with Gasteiger partial charge in [0.25, 0.3) is 0 Å². The van der Waals surface area contributed by atoms with E-state index in [-0.39, 0.29) is 0 Å². The van der Waals surface area contributed by atoms with Crippen LogP contribution in [0.15, 0.2) is 22.9 Å². The predicted octanol–water partition coefficient (Wildman–Crippen LogP) is 1.69. The molecule has 0 spiro atoms. The molecule has 0 saturated carbocycles. The van der Waals surface area contributed by atoms with Crippen molar-refractivity contribution < 1.29 is 4.42 Å². The van der Waals surface area contributed by atoms with Gasteiger partial charge in [-0.15, -0.1) is 5.10 Å². The molecule has 0 aliphatic rings. The van der Waals surface area contributed by atoms with E-state index >= 15 is 0 Å². The molecule has 0 bridgehead atoms. The first-order chi connectivity index (χ1) is 10.3. The van der Waals surface area contributed by atoms with Crippen molar-refractivity contribution in [3.05, 3.63) is 24.2 Å². The maximum atomic E-state index is 5.81. The summed E-state index contributed by atoms with van der Waals surface area (Å²) in [6.07, 6.45) is 1.42. The number of hydrogen-bond acceptors (Lipinski definition) is 6. The molecule has 0 radical (unpaired) electrons. The van der Waals surface area contributed by atoms with E-state index in [2.05, 4.69) is 49.1 Å². The van der Waals surface area contributed by atoms with Crippen LogP contribution in [0, 0.1) is 0 Å². The lowest BCUT2D eigenvalue weighted by molar-refractivity contribution is 0.270. The zero-order valence-corrected chi connectivity index (χ0v) is 12.0. The van der Waals surface area contributed by atoms with Gasteiger partial charge in [-0.1, -0.05) is 13.8 Å². The van der Waals surface area contributed by atoms with Gasteiger partial charge in [0.05, 0.1) is 6.54 Å². The second-order valence-electron chi connectivity index (χ2n) is 4.57. The third-order valence-corrected chi connectivity index (χ3v) is 3.28. The summed E-state index contributed by atoms with van der Waals surface area (Å²) in [7, 11) is 0. The molecule has 0 unspecified atom stereocenters. The molecule has 3 heterocycles. The number of H-pyrrole nitrogens is 2. The number of nitrogens with one attached hydrogen (secondary N) is 2. The molecular weight excluding hydrogens is 270 g/mol. The molecule has 21 heavy (non-hydrogen) atoms. The minimum atomic E-state index is 0.462. The van der Waals surface area contributed by atoms with E-state index in [9.17, 15) is 0 Å². The molecule has 0 atom stereocenters. The van der Waals surface area contributed by atoms with Gasteiger partial charge in [0.1, 0.15) is 12.1 Å². The van der Waals surface area contributed by atoms with Crippen LogP contribution in [0.4, 0.5) is 0 Å². The molecule has 3 aromatic heterocycles. The topological polar surface area (TPSA) is 99.5 Å². The van der Waals surface area contributed by atoms with Gasteiger partial charge in [0.15, 0.2) is 17.4 Å². The van der Waals surface area contributed by atoms with Crippen molar-refractivity contribution in [3.63, 3.8) is 0 Å². The van der Waals surface area contributed by atoms with Crippen LogP contribution in [0.1, 0.15) is 19.6 Å². The molecular formula is C13H17N7O. The molecule has 0 fully saturated rings.